The lowest BCUT2D eigenvalue weighted by molar-refractivity contribution is -0.148. The average molecular weight is 533 g/mol. The van der Waals surface area contributed by atoms with Crippen LogP contribution in [0.15, 0.2) is 11.1 Å². The van der Waals surface area contributed by atoms with Gasteiger partial charge >= 0.3 is 5.97 Å². The van der Waals surface area contributed by atoms with Gasteiger partial charge in [0.05, 0.1) is 29.1 Å². The van der Waals surface area contributed by atoms with Crippen LogP contribution in [-0.4, -0.2) is 61.6 Å². The number of hydrogen-bond donors (Lipinski definition) is 4. The van der Waals surface area contributed by atoms with Crippen molar-refractivity contribution in [3.8, 4) is 0 Å². The Kier molecular flexibility index (Phi) is 6.74. The second kappa shape index (κ2) is 8.80. The minimum Gasteiger partial charge on any atom is -0.481 e. The third-order valence-corrected chi connectivity index (χ3v) is 11.6. The molecule has 212 valence electrons. The molecule has 0 bridgehead atoms. The van der Waals surface area contributed by atoms with Gasteiger partial charge in [0.15, 0.2) is 5.78 Å². The fourth-order valence-electron chi connectivity index (χ4n) is 9.16. The van der Waals surface area contributed by atoms with Gasteiger partial charge in [0, 0.05) is 37.2 Å². The van der Waals surface area contributed by atoms with E-state index in [2.05, 4.69) is 0 Å². The van der Waals surface area contributed by atoms with E-state index < -0.39 is 63.1 Å². The number of fused-ring (bicyclic) bond motifs is 4. The molecule has 0 aromatic heterocycles. The van der Waals surface area contributed by atoms with Crippen molar-refractivity contribution < 1.29 is 39.6 Å². The number of carboxylic acids is 1. The first kappa shape index (κ1) is 29.1. The highest BCUT2D eigenvalue weighted by Gasteiger charge is 2.71. The number of allylic oxidation sites excluding steroid dienone is 1. The summed E-state index contributed by atoms with van der Waals surface area (Å²) in [5, 5.41) is 43.2. The minimum absolute atomic E-state index is 0.00657. The Morgan fingerprint density at radius 3 is 2.29 bits per heavy atom. The Bertz CT molecular complexity index is 1120. The lowest BCUT2D eigenvalue weighted by Crippen LogP contribution is -2.61. The first-order chi connectivity index (χ1) is 17.2. The highest BCUT2D eigenvalue weighted by atomic mass is 16.4. The quantitative estimate of drug-likeness (QED) is 0.407. The van der Waals surface area contributed by atoms with Gasteiger partial charge in [-0.2, -0.15) is 0 Å². The van der Waals surface area contributed by atoms with E-state index in [4.69, 9.17) is 0 Å². The summed E-state index contributed by atoms with van der Waals surface area (Å²) in [5.74, 6) is -3.56. The number of carbonyl (C=O) groups excluding carboxylic acids is 3. The van der Waals surface area contributed by atoms with Gasteiger partial charge in [-0.1, -0.05) is 34.6 Å². The van der Waals surface area contributed by atoms with E-state index in [1.165, 1.54) is 13.8 Å². The third kappa shape index (κ3) is 3.80. The van der Waals surface area contributed by atoms with E-state index in [1.807, 2.05) is 27.7 Å². The maximum atomic E-state index is 14.1. The van der Waals surface area contributed by atoms with Crippen LogP contribution < -0.4 is 0 Å². The highest BCUT2D eigenvalue weighted by Crippen LogP contribution is 2.71. The molecule has 8 heteroatoms. The summed E-state index contributed by atoms with van der Waals surface area (Å²) in [6.45, 7) is 12.5. The van der Waals surface area contributed by atoms with Gasteiger partial charge < -0.3 is 20.4 Å². The molecule has 0 aromatic rings. The molecule has 0 heterocycles. The largest absolute Gasteiger partial charge is 0.481 e. The molecule has 0 aliphatic heterocycles. The molecule has 0 saturated heterocycles. The summed E-state index contributed by atoms with van der Waals surface area (Å²) >= 11 is 0. The molecule has 0 amide bonds. The number of ketones is 3. The van der Waals surface area contributed by atoms with Gasteiger partial charge in [0.2, 0.25) is 0 Å². The van der Waals surface area contributed by atoms with Crippen molar-refractivity contribution in [1.29, 1.82) is 0 Å². The van der Waals surface area contributed by atoms with E-state index in [0.29, 0.717) is 30.4 Å². The van der Waals surface area contributed by atoms with Crippen LogP contribution in [-0.2, 0) is 19.2 Å². The van der Waals surface area contributed by atoms with Crippen LogP contribution in [0.2, 0.25) is 0 Å². The number of aliphatic hydroxyl groups is 3. The lowest BCUT2D eigenvalue weighted by atomic mass is 9.42. The van der Waals surface area contributed by atoms with Crippen molar-refractivity contribution >= 4 is 23.3 Å². The molecule has 9 atom stereocenters. The zero-order valence-electron chi connectivity index (χ0n) is 23.8. The minimum atomic E-state index is -1.64. The number of carboxylic acid groups (broad SMARTS) is 1. The Hall–Kier alpha value is -1.90. The summed E-state index contributed by atoms with van der Waals surface area (Å²) in [6.07, 6.45) is -0.727. The SMILES string of the molecule is CC(CC(=O)C[C@](C)(O)[C@H]1CC(=O)[C@@]2(C)C3=C(C(=O)C[C@]12C)[C@@]1(C)CC[C@H](O)C(C)(C)[C@@H]1C[C@@H]3O)C(=O)O. The number of hydrogen-bond acceptors (Lipinski definition) is 7. The summed E-state index contributed by atoms with van der Waals surface area (Å²) < 4.78 is 0. The number of Topliss-reactive ketones (excluding diaryl/α,β-unsaturated/α-hetero) is 3. The van der Waals surface area contributed by atoms with Gasteiger partial charge in [-0.15, -0.1) is 0 Å². The van der Waals surface area contributed by atoms with Crippen LogP contribution in [0, 0.1) is 39.4 Å². The van der Waals surface area contributed by atoms with Gasteiger partial charge in [0.1, 0.15) is 11.6 Å². The molecule has 38 heavy (non-hydrogen) atoms. The Balaban J connectivity index is 1.78. The molecule has 0 aromatic carbocycles. The van der Waals surface area contributed by atoms with Gasteiger partial charge in [0.25, 0.3) is 0 Å². The molecule has 0 radical (unpaired) electrons. The molecule has 0 spiro atoms. The molecule has 4 aliphatic rings. The lowest BCUT2D eigenvalue weighted by Gasteiger charge is -2.62. The number of aliphatic carboxylic acids is 1. The number of rotatable bonds is 6. The Labute approximate surface area is 224 Å². The maximum Gasteiger partial charge on any atom is 0.306 e. The standard InChI is InChI=1S/C30H44O8/c1-15(25(36)37)10-16(31)13-29(6,38)20-12-22(35)30(7)24-17(32)11-19-26(2,3)21(34)8-9-27(19,4)23(24)18(33)14-28(20,30)5/h15,17,19-21,32,34,38H,8-14H2,1-7H3,(H,36,37)/t15?,17-,19-,20-,21-,27-,28+,29-,30-/m0/s1. The van der Waals surface area contributed by atoms with E-state index in [9.17, 15) is 39.6 Å². The predicted molar refractivity (Wildman–Crippen MR) is 139 cm³/mol. The van der Waals surface area contributed by atoms with E-state index in [1.54, 1.807) is 6.92 Å². The first-order valence-electron chi connectivity index (χ1n) is 13.9. The normalized spacial score (nSPS) is 42.6. The topological polar surface area (TPSA) is 149 Å². The van der Waals surface area contributed by atoms with Crippen LogP contribution in [0.3, 0.4) is 0 Å². The van der Waals surface area contributed by atoms with Gasteiger partial charge in [-0.05, 0) is 60.8 Å². The van der Waals surface area contributed by atoms with Crippen molar-refractivity contribution in [1.82, 2.24) is 0 Å². The monoisotopic (exact) mass is 532 g/mol. The van der Waals surface area contributed by atoms with Crippen LogP contribution >= 0.6 is 0 Å². The Morgan fingerprint density at radius 2 is 1.71 bits per heavy atom. The van der Waals surface area contributed by atoms with Crippen molar-refractivity contribution in [2.45, 2.75) is 111 Å². The number of aliphatic hydroxyl groups excluding tert-OH is 2. The van der Waals surface area contributed by atoms with Gasteiger partial charge in [-0.25, -0.2) is 0 Å². The van der Waals surface area contributed by atoms with E-state index >= 15 is 0 Å². The first-order valence-corrected chi connectivity index (χ1v) is 13.9. The van der Waals surface area contributed by atoms with E-state index in [-0.39, 0.29) is 43.2 Å². The van der Waals surface area contributed by atoms with Crippen molar-refractivity contribution in [2.24, 2.45) is 39.4 Å². The fraction of sp³-hybridized carbons (Fsp3) is 0.800. The third-order valence-electron chi connectivity index (χ3n) is 11.6. The summed E-state index contributed by atoms with van der Waals surface area (Å²) in [5.41, 5.74) is -3.99. The summed E-state index contributed by atoms with van der Waals surface area (Å²) in [6, 6.07) is 0. The van der Waals surface area contributed by atoms with Crippen LogP contribution in [0.5, 0.6) is 0 Å². The molecule has 4 N–H and O–H groups in total. The fourth-order valence-corrected chi connectivity index (χ4v) is 9.16. The second-order valence-corrected chi connectivity index (χ2v) is 14.2. The highest BCUT2D eigenvalue weighted by molar-refractivity contribution is 6.05. The zero-order valence-corrected chi connectivity index (χ0v) is 23.8. The molecule has 1 unspecified atom stereocenters. The smallest absolute Gasteiger partial charge is 0.306 e. The van der Waals surface area contributed by atoms with Gasteiger partial charge in [-0.3, -0.25) is 19.2 Å². The molecule has 2 saturated carbocycles. The molecular formula is C30H44O8. The van der Waals surface area contributed by atoms with Crippen molar-refractivity contribution in [3.63, 3.8) is 0 Å². The molecule has 4 rings (SSSR count). The molecular weight excluding hydrogens is 488 g/mol. The van der Waals surface area contributed by atoms with Crippen LogP contribution in [0.1, 0.15) is 93.4 Å². The Morgan fingerprint density at radius 1 is 1.11 bits per heavy atom. The predicted octanol–water partition coefficient (Wildman–Crippen LogP) is 3.25. The van der Waals surface area contributed by atoms with E-state index in [0.717, 1.165) is 0 Å². The average Bonchev–Trinajstić information content (AvgIpc) is 2.99. The molecule has 2 fully saturated rings. The second-order valence-electron chi connectivity index (χ2n) is 14.2. The van der Waals surface area contributed by atoms with Crippen LogP contribution in [0.4, 0.5) is 0 Å². The zero-order chi connectivity index (χ0) is 28.8. The summed E-state index contributed by atoms with van der Waals surface area (Å²) in [4.78, 5) is 52.0. The number of carbonyl (C=O) groups is 4. The van der Waals surface area contributed by atoms with Crippen molar-refractivity contribution in [2.75, 3.05) is 0 Å². The molecule has 8 nitrogen and oxygen atoms in total. The van der Waals surface area contributed by atoms with Crippen LogP contribution in [0.25, 0.3) is 0 Å². The summed E-state index contributed by atoms with van der Waals surface area (Å²) in [7, 11) is 0. The maximum absolute atomic E-state index is 14.1. The van der Waals surface area contributed by atoms with Crippen molar-refractivity contribution in [3.05, 3.63) is 11.1 Å². The molecule has 4 aliphatic carbocycles.